The van der Waals surface area contributed by atoms with Crippen LogP contribution in [0.25, 0.3) is 0 Å². The molecule has 0 aromatic heterocycles. The molecule has 0 rings (SSSR count). The van der Waals surface area contributed by atoms with Crippen LogP contribution >= 0.6 is 0 Å². The summed E-state index contributed by atoms with van der Waals surface area (Å²) in [5.41, 5.74) is 0. The Morgan fingerprint density at radius 2 is 1.11 bits per heavy atom. The molecule has 0 spiro atoms. The highest BCUT2D eigenvalue weighted by Crippen LogP contribution is 2.09. The van der Waals surface area contributed by atoms with E-state index in [2.05, 4.69) is 48.8 Å². The second-order valence-corrected chi connectivity index (χ2v) is 13.6. The molecule has 0 atom stereocenters. The summed E-state index contributed by atoms with van der Waals surface area (Å²) in [5.74, 6) is -0.450. The number of esters is 2. The fourth-order valence-corrected chi connectivity index (χ4v) is 5.78. The second kappa shape index (κ2) is 35.7. The summed E-state index contributed by atoms with van der Waals surface area (Å²) in [4.78, 5) is 35.9. The van der Waals surface area contributed by atoms with Gasteiger partial charge in [-0.15, -0.1) is 0 Å². The van der Waals surface area contributed by atoms with E-state index in [9.17, 15) is 14.4 Å². The Bertz CT molecular complexity index is 729. The summed E-state index contributed by atoms with van der Waals surface area (Å²) in [5, 5.41) is 7.08. The first-order chi connectivity index (χ1) is 21.6. The summed E-state index contributed by atoms with van der Waals surface area (Å²) < 4.78 is 10.6. The quantitative estimate of drug-likeness (QED) is 0.0331. The molecule has 2 N–H and O–H groups in total. The molecule has 0 aliphatic carbocycles. The van der Waals surface area contributed by atoms with E-state index in [0.29, 0.717) is 38.9 Å². The van der Waals surface area contributed by atoms with Crippen LogP contribution in [0.5, 0.6) is 0 Å². The summed E-state index contributed by atoms with van der Waals surface area (Å²) in [6, 6.07) is 0.270. The number of nitrogens with one attached hydrogen (secondary N) is 2. The van der Waals surface area contributed by atoms with Crippen molar-refractivity contribution in [1.82, 2.24) is 10.6 Å². The number of carbonyl (C=O) groups excluding carboxylic acids is 3. The lowest BCUT2D eigenvalue weighted by atomic mass is 10.1. The fraction of sp³-hybridized carbons (Fsp3) is 0.806. The first-order valence-electron chi connectivity index (χ1n) is 18.1. The summed E-state index contributed by atoms with van der Waals surface area (Å²) in [6.07, 6.45) is 30.0. The van der Waals surface area contributed by atoms with Crippen molar-refractivity contribution in [2.24, 2.45) is 0 Å². The molecule has 0 aliphatic rings. The molecule has 0 bridgehead atoms. The number of ether oxygens (including phenoxy) is 2. The Kier molecular flexibility index (Phi) is 34.3. The fourth-order valence-electron chi connectivity index (χ4n) is 4.65. The molecule has 0 radical (unpaired) electrons. The molecular formula is C36H68N2O5Si. The summed E-state index contributed by atoms with van der Waals surface area (Å²) in [6.45, 7) is 9.18. The highest BCUT2D eigenvalue weighted by molar-refractivity contribution is 6.75. The van der Waals surface area contributed by atoms with Crippen molar-refractivity contribution in [2.45, 2.75) is 148 Å². The van der Waals surface area contributed by atoms with Crippen LogP contribution in [0, 0.1) is 0 Å². The van der Waals surface area contributed by atoms with E-state index in [1.165, 1.54) is 64.2 Å². The monoisotopic (exact) mass is 636 g/mol. The van der Waals surface area contributed by atoms with Crippen molar-refractivity contribution in [3.8, 4) is 0 Å². The topological polar surface area (TPSA) is 93.7 Å². The maximum atomic E-state index is 12.1. The van der Waals surface area contributed by atoms with Crippen LogP contribution in [0.15, 0.2) is 24.3 Å². The van der Waals surface area contributed by atoms with Gasteiger partial charge in [0.15, 0.2) is 0 Å². The Hall–Kier alpha value is -1.77. The molecule has 0 saturated carbocycles. The van der Waals surface area contributed by atoms with Crippen molar-refractivity contribution in [3.63, 3.8) is 0 Å². The van der Waals surface area contributed by atoms with E-state index in [4.69, 9.17) is 9.47 Å². The highest BCUT2D eigenvalue weighted by Gasteiger charge is 2.09. The lowest BCUT2D eigenvalue weighted by Gasteiger charge is -2.07. The Morgan fingerprint density at radius 3 is 1.82 bits per heavy atom. The first kappa shape index (κ1) is 42.2. The second-order valence-electron chi connectivity index (χ2n) is 11.8. The van der Waals surface area contributed by atoms with E-state index >= 15 is 0 Å². The number of carbonyl (C=O) groups is 3. The molecule has 0 aromatic rings. The zero-order chi connectivity index (χ0) is 32.2. The molecule has 0 heterocycles. The Labute approximate surface area is 273 Å². The third-order valence-electron chi connectivity index (χ3n) is 7.48. The van der Waals surface area contributed by atoms with Gasteiger partial charge in [0.1, 0.15) is 14.9 Å². The molecule has 44 heavy (non-hydrogen) atoms. The van der Waals surface area contributed by atoms with Crippen LogP contribution in [-0.2, 0) is 23.9 Å². The minimum absolute atomic E-state index is 0.171. The third kappa shape index (κ3) is 34.7. The summed E-state index contributed by atoms with van der Waals surface area (Å²) in [7, 11) is -1.08. The molecule has 8 heteroatoms. The van der Waals surface area contributed by atoms with Crippen molar-refractivity contribution >= 4 is 26.9 Å². The van der Waals surface area contributed by atoms with Gasteiger partial charge in [0.25, 0.3) is 0 Å². The molecule has 0 amide bonds. The van der Waals surface area contributed by atoms with Crippen LogP contribution in [0.2, 0.25) is 6.04 Å². The van der Waals surface area contributed by atoms with Gasteiger partial charge in [0.2, 0.25) is 0 Å². The lowest BCUT2D eigenvalue weighted by Crippen LogP contribution is -2.24. The van der Waals surface area contributed by atoms with E-state index in [0.717, 1.165) is 64.7 Å². The molecule has 0 fully saturated rings. The largest absolute Gasteiger partial charge is 0.466 e. The standard InChI is InChI=1S/C36H68N2O5Si/c1-3-5-7-8-9-10-11-12-13-14-15-16-17-18-21-31-42-34(39)25-19-22-32-43-35(40)33-44-36(41)26-23-28-38-30-24-29-37-27-20-6-4-2/h8-9,11-12,37-38H,3-7,10,13-33,44H2,1-2H3/b9-8-,12-11-. The van der Waals surface area contributed by atoms with Gasteiger partial charge in [-0.3, -0.25) is 9.59 Å². The predicted molar refractivity (Wildman–Crippen MR) is 188 cm³/mol. The Morgan fingerprint density at radius 1 is 0.545 bits per heavy atom. The molecule has 0 aliphatic heterocycles. The van der Waals surface area contributed by atoms with Crippen LogP contribution in [0.3, 0.4) is 0 Å². The van der Waals surface area contributed by atoms with Gasteiger partial charge in [0, 0.05) is 18.9 Å². The average molecular weight is 637 g/mol. The van der Waals surface area contributed by atoms with Crippen LogP contribution in [0.4, 0.5) is 0 Å². The van der Waals surface area contributed by atoms with E-state index in [1.807, 2.05) is 0 Å². The highest BCUT2D eigenvalue weighted by atomic mass is 28.2. The molecule has 0 saturated heterocycles. The van der Waals surface area contributed by atoms with Gasteiger partial charge in [-0.25, -0.2) is 0 Å². The van der Waals surface area contributed by atoms with Crippen LogP contribution in [-0.4, -0.2) is 66.3 Å². The predicted octanol–water partition coefficient (Wildman–Crippen LogP) is 7.32. The number of unbranched alkanes of at least 4 members (excludes halogenated alkanes) is 11. The number of allylic oxidation sites excluding steroid dienone is 4. The van der Waals surface area contributed by atoms with Crippen molar-refractivity contribution in [1.29, 1.82) is 0 Å². The van der Waals surface area contributed by atoms with E-state index in [-0.39, 0.29) is 23.4 Å². The van der Waals surface area contributed by atoms with Gasteiger partial charge in [-0.2, -0.15) is 0 Å². The number of hydrogen-bond acceptors (Lipinski definition) is 7. The van der Waals surface area contributed by atoms with E-state index < -0.39 is 9.52 Å². The summed E-state index contributed by atoms with van der Waals surface area (Å²) >= 11 is 0. The van der Waals surface area contributed by atoms with Crippen molar-refractivity contribution < 1.29 is 23.9 Å². The van der Waals surface area contributed by atoms with Gasteiger partial charge in [-0.05, 0) is 90.4 Å². The zero-order valence-corrected chi connectivity index (χ0v) is 30.1. The van der Waals surface area contributed by atoms with Gasteiger partial charge >= 0.3 is 11.9 Å². The molecular weight excluding hydrogens is 568 g/mol. The maximum absolute atomic E-state index is 12.1. The normalized spacial score (nSPS) is 11.8. The van der Waals surface area contributed by atoms with Gasteiger partial charge in [-0.1, -0.05) is 89.5 Å². The third-order valence-corrected chi connectivity index (χ3v) is 9.05. The average Bonchev–Trinajstić information content (AvgIpc) is 3.02. The maximum Gasteiger partial charge on any atom is 0.305 e. The SMILES string of the molecule is CCCC/C=C\C/C=C\CCCCCCCCOC(=O)CCCCOC(=O)C[SiH2]C(=O)CCCNCCCNCCCCC. The van der Waals surface area contributed by atoms with E-state index in [1.54, 1.807) is 0 Å². The Balaban J connectivity index is 3.41. The molecule has 7 nitrogen and oxygen atoms in total. The smallest absolute Gasteiger partial charge is 0.305 e. The molecule has 256 valence electrons. The van der Waals surface area contributed by atoms with Crippen molar-refractivity contribution in [3.05, 3.63) is 24.3 Å². The molecule has 0 aromatic carbocycles. The minimum Gasteiger partial charge on any atom is -0.466 e. The zero-order valence-electron chi connectivity index (χ0n) is 28.6. The van der Waals surface area contributed by atoms with Crippen molar-refractivity contribution in [2.75, 3.05) is 39.4 Å². The first-order valence-corrected chi connectivity index (χ1v) is 19.8. The minimum atomic E-state index is -1.08. The van der Waals surface area contributed by atoms with Crippen LogP contribution < -0.4 is 10.6 Å². The van der Waals surface area contributed by atoms with Gasteiger partial charge < -0.3 is 24.9 Å². The van der Waals surface area contributed by atoms with Crippen LogP contribution in [0.1, 0.15) is 142 Å². The molecule has 0 unspecified atom stereocenters. The number of rotatable bonds is 34. The lowest BCUT2D eigenvalue weighted by molar-refractivity contribution is -0.144. The number of hydrogen-bond donors (Lipinski definition) is 2. The van der Waals surface area contributed by atoms with Gasteiger partial charge in [0.05, 0.1) is 13.2 Å².